The lowest BCUT2D eigenvalue weighted by atomic mass is 9.74. The molecule has 0 unspecified atom stereocenters. The fourth-order valence-corrected chi connectivity index (χ4v) is 3.67. The quantitative estimate of drug-likeness (QED) is 0.869. The van der Waals surface area contributed by atoms with Gasteiger partial charge in [0.15, 0.2) is 9.84 Å². The zero-order valence-electron chi connectivity index (χ0n) is 11.4. The molecule has 0 spiro atoms. The zero-order chi connectivity index (χ0) is 15.1. The molecule has 0 heterocycles. The first kappa shape index (κ1) is 16.3. The minimum atomic E-state index is -3.66. The van der Waals surface area contributed by atoms with E-state index in [1.165, 1.54) is 20.8 Å². The average molecular weight is 298 g/mol. The molecular weight excluding hydrogens is 278 g/mol. The number of carbonyl (C=O) groups is 1. The number of hydrogen-bond donors (Lipinski definition) is 1. The van der Waals surface area contributed by atoms with Gasteiger partial charge in [-0.05, 0) is 33.6 Å². The molecule has 1 rings (SSSR count). The summed E-state index contributed by atoms with van der Waals surface area (Å²) < 4.78 is 49.5. The number of rotatable bonds is 3. The number of hydrogen-bond acceptors (Lipinski definition) is 3. The Labute approximate surface area is 112 Å². The molecule has 0 aromatic heterocycles. The van der Waals surface area contributed by atoms with Crippen LogP contribution in [0.25, 0.3) is 0 Å². The van der Waals surface area contributed by atoms with E-state index in [-0.39, 0.29) is 12.8 Å². The zero-order valence-corrected chi connectivity index (χ0v) is 12.2. The van der Waals surface area contributed by atoms with E-state index < -0.39 is 50.5 Å². The van der Waals surface area contributed by atoms with Gasteiger partial charge in [0, 0.05) is 12.8 Å². The van der Waals surface area contributed by atoms with Crippen molar-refractivity contribution in [3.63, 3.8) is 0 Å². The minimum Gasteiger partial charge on any atom is -0.481 e. The molecular formula is C12H20F2O4S. The molecule has 1 aliphatic carbocycles. The molecule has 0 amide bonds. The monoisotopic (exact) mass is 298 g/mol. The van der Waals surface area contributed by atoms with Crippen LogP contribution in [0.3, 0.4) is 0 Å². The van der Waals surface area contributed by atoms with Crippen LogP contribution < -0.4 is 0 Å². The smallest absolute Gasteiger partial charge is 0.310 e. The maximum atomic E-state index is 13.1. The van der Waals surface area contributed by atoms with E-state index in [4.69, 9.17) is 0 Å². The molecule has 4 nitrogen and oxygen atoms in total. The Balaban J connectivity index is 3.02. The Hall–Kier alpha value is -0.720. The van der Waals surface area contributed by atoms with Crippen molar-refractivity contribution in [1.29, 1.82) is 0 Å². The first-order chi connectivity index (χ1) is 8.31. The van der Waals surface area contributed by atoms with Crippen LogP contribution in [0.2, 0.25) is 0 Å². The highest BCUT2D eigenvalue weighted by molar-refractivity contribution is 7.92. The first-order valence-electron chi connectivity index (χ1n) is 6.15. The summed E-state index contributed by atoms with van der Waals surface area (Å²) in [7, 11) is -3.66. The highest BCUT2D eigenvalue weighted by atomic mass is 32.2. The van der Waals surface area contributed by atoms with E-state index in [2.05, 4.69) is 0 Å². The van der Waals surface area contributed by atoms with Crippen molar-refractivity contribution in [2.24, 2.45) is 5.41 Å². The molecule has 0 aliphatic heterocycles. The molecule has 19 heavy (non-hydrogen) atoms. The highest BCUT2D eigenvalue weighted by Crippen LogP contribution is 2.45. The van der Waals surface area contributed by atoms with E-state index in [1.807, 2.05) is 0 Å². The van der Waals surface area contributed by atoms with Crippen LogP contribution >= 0.6 is 0 Å². The van der Waals surface area contributed by atoms with Crippen molar-refractivity contribution in [2.45, 2.75) is 57.1 Å². The van der Waals surface area contributed by atoms with Gasteiger partial charge in [0.05, 0.1) is 15.9 Å². The van der Waals surface area contributed by atoms with Crippen molar-refractivity contribution in [2.75, 3.05) is 5.75 Å². The summed E-state index contributed by atoms with van der Waals surface area (Å²) in [5.41, 5.74) is -1.58. The Morgan fingerprint density at radius 1 is 1.16 bits per heavy atom. The van der Waals surface area contributed by atoms with Crippen LogP contribution in [0.15, 0.2) is 0 Å². The summed E-state index contributed by atoms with van der Waals surface area (Å²) in [5, 5.41) is 9.28. The molecule has 7 heteroatoms. The maximum absolute atomic E-state index is 13.1. The average Bonchev–Trinajstić information content (AvgIpc) is 2.19. The lowest BCUT2D eigenvalue weighted by molar-refractivity contribution is -0.154. The van der Waals surface area contributed by atoms with Crippen molar-refractivity contribution in [1.82, 2.24) is 0 Å². The Kier molecular flexibility index (Phi) is 4.02. The number of carboxylic acids is 1. The third kappa shape index (κ3) is 3.43. The lowest BCUT2D eigenvalue weighted by Crippen LogP contribution is -2.47. The van der Waals surface area contributed by atoms with Crippen LogP contribution in [-0.2, 0) is 14.6 Å². The number of sulfone groups is 1. The van der Waals surface area contributed by atoms with Gasteiger partial charge in [-0.2, -0.15) is 0 Å². The van der Waals surface area contributed by atoms with Crippen molar-refractivity contribution >= 4 is 15.8 Å². The summed E-state index contributed by atoms with van der Waals surface area (Å²) in [5.74, 6) is -4.75. The Morgan fingerprint density at radius 2 is 1.58 bits per heavy atom. The van der Waals surface area contributed by atoms with Crippen LogP contribution in [0.4, 0.5) is 8.78 Å². The summed E-state index contributed by atoms with van der Waals surface area (Å²) in [6.07, 6.45) is -1.74. The second-order valence-electron chi connectivity index (χ2n) is 6.31. The van der Waals surface area contributed by atoms with E-state index in [0.29, 0.717) is 0 Å². The van der Waals surface area contributed by atoms with E-state index in [1.54, 1.807) is 0 Å². The highest BCUT2D eigenvalue weighted by Gasteiger charge is 2.51. The molecule has 0 bridgehead atoms. The summed E-state index contributed by atoms with van der Waals surface area (Å²) >= 11 is 0. The third-order valence-corrected chi connectivity index (χ3v) is 6.59. The van der Waals surface area contributed by atoms with E-state index in [9.17, 15) is 27.1 Å². The fourth-order valence-electron chi connectivity index (χ4n) is 2.09. The molecule has 0 radical (unpaired) electrons. The molecule has 0 atom stereocenters. The largest absolute Gasteiger partial charge is 0.481 e. The molecule has 1 saturated carbocycles. The van der Waals surface area contributed by atoms with Gasteiger partial charge in [-0.1, -0.05) is 0 Å². The molecule has 1 N–H and O–H groups in total. The predicted molar refractivity (Wildman–Crippen MR) is 67.0 cm³/mol. The van der Waals surface area contributed by atoms with E-state index >= 15 is 0 Å². The molecule has 1 aliphatic rings. The van der Waals surface area contributed by atoms with Gasteiger partial charge in [0.25, 0.3) is 0 Å². The summed E-state index contributed by atoms with van der Waals surface area (Å²) in [6.45, 7) is 4.44. The van der Waals surface area contributed by atoms with Gasteiger partial charge < -0.3 is 5.11 Å². The topological polar surface area (TPSA) is 71.4 Å². The maximum Gasteiger partial charge on any atom is 0.310 e. The molecule has 112 valence electrons. The number of carboxylic acid groups (broad SMARTS) is 1. The number of halogens is 2. The molecule has 0 aromatic rings. The fraction of sp³-hybridized carbons (Fsp3) is 0.917. The minimum absolute atomic E-state index is 0.301. The Bertz CT molecular complexity index is 453. The predicted octanol–water partition coefficient (Wildman–Crippen LogP) is 2.48. The van der Waals surface area contributed by atoms with Crippen molar-refractivity contribution < 1.29 is 27.1 Å². The molecule has 1 fully saturated rings. The molecule has 0 saturated heterocycles. The van der Waals surface area contributed by atoms with Crippen LogP contribution in [-0.4, -0.2) is 35.9 Å². The lowest BCUT2D eigenvalue weighted by Gasteiger charge is -2.37. The normalized spacial score (nSPS) is 23.0. The van der Waals surface area contributed by atoms with E-state index in [0.717, 1.165) is 0 Å². The van der Waals surface area contributed by atoms with Gasteiger partial charge in [-0.3, -0.25) is 4.79 Å². The van der Waals surface area contributed by atoms with Crippen LogP contribution in [0.5, 0.6) is 0 Å². The third-order valence-electron chi connectivity index (χ3n) is 3.79. The number of alkyl halides is 2. The summed E-state index contributed by atoms with van der Waals surface area (Å²) in [4.78, 5) is 11.4. The number of aliphatic carboxylic acids is 1. The SMILES string of the molecule is CC(C)(C)S(=O)(=O)CC1(C(=O)O)CCC(F)(F)CC1. The van der Waals surface area contributed by atoms with Gasteiger partial charge in [0.2, 0.25) is 5.92 Å². The summed E-state index contributed by atoms with van der Waals surface area (Å²) in [6, 6.07) is 0. The standard InChI is InChI=1S/C12H20F2O4S/c1-10(2,3)19(17,18)8-11(9(15)16)4-6-12(13,14)7-5-11/h4-8H2,1-3H3,(H,15,16). The van der Waals surface area contributed by atoms with Crippen molar-refractivity contribution in [3.05, 3.63) is 0 Å². The molecule has 0 aromatic carbocycles. The van der Waals surface area contributed by atoms with Gasteiger partial charge in [-0.15, -0.1) is 0 Å². The Morgan fingerprint density at radius 3 is 1.89 bits per heavy atom. The van der Waals surface area contributed by atoms with Gasteiger partial charge >= 0.3 is 5.97 Å². The first-order valence-corrected chi connectivity index (χ1v) is 7.80. The van der Waals surface area contributed by atoms with Gasteiger partial charge in [-0.25, -0.2) is 17.2 Å². The second-order valence-corrected chi connectivity index (χ2v) is 9.06. The second kappa shape index (κ2) is 4.68. The van der Waals surface area contributed by atoms with Gasteiger partial charge in [0.1, 0.15) is 0 Å². The van der Waals surface area contributed by atoms with Crippen LogP contribution in [0, 0.1) is 5.41 Å². The van der Waals surface area contributed by atoms with Crippen molar-refractivity contribution in [3.8, 4) is 0 Å². The van der Waals surface area contributed by atoms with Crippen LogP contribution in [0.1, 0.15) is 46.5 Å².